The Hall–Kier alpha value is -3.30. The average Bonchev–Trinajstić information content (AvgIpc) is 3.17. The van der Waals surface area contributed by atoms with Crippen molar-refractivity contribution in [1.82, 2.24) is 9.89 Å². The van der Waals surface area contributed by atoms with Gasteiger partial charge in [-0.15, -0.1) is 0 Å². The zero-order chi connectivity index (χ0) is 22.9. The van der Waals surface area contributed by atoms with E-state index in [4.69, 9.17) is 11.6 Å². The van der Waals surface area contributed by atoms with Crippen LogP contribution in [0, 0.1) is 0 Å². The van der Waals surface area contributed by atoms with Gasteiger partial charge in [0.15, 0.2) is 0 Å². The molecular formula is C22H15ClF3N3O2S. The van der Waals surface area contributed by atoms with E-state index in [2.05, 4.69) is 9.93 Å². The minimum Gasteiger partial charge on any atom is -0.200 e. The van der Waals surface area contributed by atoms with Crippen LogP contribution in [-0.4, -0.2) is 18.3 Å². The monoisotopic (exact) mass is 477 g/mol. The predicted molar refractivity (Wildman–Crippen MR) is 116 cm³/mol. The number of aromatic nitrogens is 2. The Bertz CT molecular complexity index is 1340. The molecule has 1 heterocycles. The highest BCUT2D eigenvalue weighted by atomic mass is 35.5. The van der Waals surface area contributed by atoms with Crippen LogP contribution in [0.5, 0.6) is 0 Å². The zero-order valence-electron chi connectivity index (χ0n) is 16.2. The summed E-state index contributed by atoms with van der Waals surface area (Å²) in [7, 11) is -3.97. The molecule has 0 unspecified atom stereocenters. The van der Waals surface area contributed by atoms with E-state index in [0.717, 1.165) is 16.9 Å². The minimum atomic E-state index is -4.46. The summed E-state index contributed by atoms with van der Waals surface area (Å²) in [6.07, 6.45) is -4.46. The lowest BCUT2D eigenvalue weighted by Gasteiger charge is -2.11. The van der Waals surface area contributed by atoms with Crippen molar-refractivity contribution in [3.63, 3.8) is 0 Å². The quantitative estimate of drug-likeness (QED) is 0.394. The van der Waals surface area contributed by atoms with E-state index in [1.165, 1.54) is 24.3 Å². The molecule has 32 heavy (non-hydrogen) atoms. The lowest BCUT2D eigenvalue weighted by atomic mass is 10.1. The molecule has 0 aliphatic rings. The van der Waals surface area contributed by atoms with Crippen LogP contribution in [0.1, 0.15) is 5.56 Å². The molecule has 1 N–H and O–H groups in total. The number of hydrogen-bond donors (Lipinski definition) is 1. The highest BCUT2D eigenvalue weighted by molar-refractivity contribution is 7.92. The van der Waals surface area contributed by atoms with E-state index in [9.17, 15) is 21.6 Å². The molecular weight excluding hydrogens is 463 g/mol. The molecule has 5 nitrogen and oxygen atoms in total. The molecule has 0 amide bonds. The number of nitrogens with zero attached hydrogens (tertiary/aromatic N) is 2. The highest BCUT2D eigenvalue weighted by Gasteiger charge is 2.30. The van der Waals surface area contributed by atoms with Gasteiger partial charge in [0.05, 0.1) is 21.8 Å². The van der Waals surface area contributed by atoms with Crippen LogP contribution in [0.3, 0.4) is 0 Å². The smallest absolute Gasteiger partial charge is 0.200 e. The van der Waals surface area contributed by atoms with E-state index in [-0.39, 0.29) is 4.90 Å². The van der Waals surface area contributed by atoms with Crippen LogP contribution in [0.2, 0.25) is 5.02 Å². The average molecular weight is 478 g/mol. The first-order valence-corrected chi connectivity index (χ1v) is 11.1. The minimum absolute atomic E-state index is 0.0358. The molecule has 4 rings (SSSR count). The van der Waals surface area contributed by atoms with Crippen LogP contribution < -0.4 is 4.83 Å². The largest absolute Gasteiger partial charge is 0.416 e. The van der Waals surface area contributed by atoms with Gasteiger partial charge < -0.3 is 0 Å². The van der Waals surface area contributed by atoms with Crippen molar-refractivity contribution in [1.29, 1.82) is 0 Å². The van der Waals surface area contributed by atoms with Crippen molar-refractivity contribution in [3.8, 4) is 22.5 Å². The number of rotatable bonds is 5. The zero-order valence-corrected chi connectivity index (χ0v) is 17.8. The summed E-state index contributed by atoms with van der Waals surface area (Å²) in [6, 6.07) is 20.4. The van der Waals surface area contributed by atoms with Gasteiger partial charge in [0.25, 0.3) is 10.0 Å². The Morgan fingerprint density at radius 2 is 1.44 bits per heavy atom. The van der Waals surface area contributed by atoms with Gasteiger partial charge in [-0.25, -0.2) is 0 Å². The van der Waals surface area contributed by atoms with Crippen LogP contribution in [0.25, 0.3) is 22.5 Å². The maximum absolute atomic E-state index is 12.9. The number of nitrogens with one attached hydrogen (secondary N) is 1. The molecule has 0 saturated carbocycles. The summed E-state index contributed by atoms with van der Waals surface area (Å²) >= 11 is 5.95. The molecule has 0 fully saturated rings. The van der Waals surface area contributed by atoms with Gasteiger partial charge in [-0.2, -0.15) is 36.3 Å². The van der Waals surface area contributed by atoms with Crippen molar-refractivity contribution in [2.45, 2.75) is 11.1 Å². The Morgan fingerprint density at radius 3 is 2.03 bits per heavy atom. The summed E-state index contributed by atoms with van der Waals surface area (Å²) in [4.78, 5) is 3.52. The topological polar surface area (TPSA) is 64.0 Å². The molecule has 0 aliphatic carbocycles. The lowest BCUT2D eigenvalue weighted by molar-refractivity contribution is -0.137. The van der Waals surface area contributed by atoms with Crippen molar-refractivity contribution >= 4 is 21.6 Å². The van der Waals surface area contributed by atoms with Crippen LogP contribution in [-0.2, 0) is 16.2 Å². The highest BCUT2D eigenvalue weighted by Crippen LogP contribution is 2.32. The molecule has 3 aromatic carbocycles. The number of halogens is 4. The Kier molecular flexibility index (Phi) is 5.70. The Labute approximate surface area is 187 Å². The first-order chi connectivity index (χ1) is 15.1. The number of hydrogen-bond acceptors (Lipinski definition) is 3. The Morgan fingerprint density at radius 1 is 0.844 bits per heavy atom. The third-order valence-corrected chi connectivity index (χ3v) is 6.18. The molecule has 0 saturated heterocycles. The second-order valence-electron chi connectivity index (χ2n) is 6.82. The van der Waals surface area contributed by atoms with Crippen molar-refractivity contribution in [2.75, 3.05) is 4.83 Å². The van der Waals surface area contributed by atoms with E-state index in [1.807, 2.05) is 0 Å². The van der Waals surface area contributed by atoms with Crippen LogP contribution in [0.4, 0.5) is 13.2 Å². The van der Waals surface area contributed by atoms with Gasteiger partial charge in [-0.05, 0) is 42.5 Å². The standard InChI is InChI=1S/C22H15ClF3N3O2S/c23-18-12-8-16(9-13-18)21-14-20(15-6-10-17(11-7-15)22(24,25)26)27-29(21)28-32(30,31)19-4-2-1-3-5-19/h1-14,28H. The predicted octanol–water partition coefficient (Wildman–Crippen LogP) is 5.82. The maximum Gasteiger partial charge on any atom is 0.416 e. The summed E-state index contributed by atoms with van der Waals surface area (Å²) in [6.45, 7) is 0. The molecule has 10 heteroatoms. The van der Waals surface area contributed by atoms with E-state index < -0.39 is 21.8 Å². The summed E-state index contributed by atoms with van der Waals surface area (Å²) in [5.41, 5.74) is 0.889. The van der Waals surface area contributed by atoms with Crippen molar-refractivity contribution in [3.05, 3.63) is 95.5 Å². The SMILES string of the molecule is O=S(=O)(Nn1nc(-c2ccc(C(F)(F)F)cc2)cc1-c1ccc(Cl)cc1)c1ccccc1. The van der Waals surface area contributed by atoms with E-state index in [1.54, 1.807) is 48.5 Å². The van der Waals surface area contributed by atoms with Crippen LogP contribution in [0.15, 0.2) is 89.8 Å². The Balaban J connectivity index is 1.78. The normalized spacial score (nSPS) is 12.0. The number of benzene rings is 3. The maximum atomic E-state index is 12.9. The lowest BCUT2D eigenvalue weighted by Crippen LogP contribution is -2.25. The summed E-state index contributed by atoms with van der Waals surface area (Å²) in [5, 5.41) is 4.79. The first-order valence-electron chi connectivity index (χ1n) is 9.25. The molecule has 0 spiro atoms. The molecule has 4 aromatic rings. The van der Waals surface area contributed by atoms with Gasteiger partial charge >= 0.3 is 6.18 Å². The van der Waals surface area contributed by atoms with Gasteiger partial charge in [0.2, 0.25) is 0 Å². The molecule has 0 bridgehead atoms. The number of sulfonamides is 1. The summed E-state index contributed by atoms with van der Waals surface area (Å²) < 4.78 is 64.3. The van der Waals surface area contributed by atoms with E-state index in [0.29, 0.717) is 27.5 Å². The second-order valence-corrected chi connectivity index (χ2v) is 8.91. The van der Waals surface area contributed by atoms with Gasteiger partial charge in [-0.1, -0.05) is 54.1 Å². The molecule has 1 aromatic heterocycles. The van der Waals surface area contributed by atoms with Gasteiger partial charge in [-0.3, -0.25) is 0 Å². The third kappa shape index (κ3) is 4.63. The number of alkyl halides is 3. The van der Waals surface area contributed by atoms with Crippen LogP contribution >= 0.6 is 11.6 Å². The third-order valence-electron chi connectivity index (χ3n) is 4.62. The fraction of sp³-hybridized carbons (Fsp3) is 0.0455. The van der Waals surface area contributed by atoms with Gasteiger partial charge in [0.1, 0.15) is 0 Å². The molecule has 0 atom stereocenters. The molecule has 164 valence electrons. The second kappa shape index (κ2) is 8.33. The summed E-state index contributed by atoms with van der Waals surface area (Å²) in [5.74, 6) is 0. The first kappa shape index (κ1) is 21.9. The van der Waals surface area contributed by atoms with Crippen molar-refractivity contribution < 1.29 is 21.6 Å². The van der Waals surface area contributed by atoms with Crippen molar-refractivity contribution in [2.24, 2.45) is 0 Å². The van der Waals surface area contributed by atoms with Gasteiger partial charge in [0, 0.05) is 16.1 Å². The fourth-order valence-electron chi connectivity index (χ4n) is 3.01. The fourth-order valence-corrected chi connectivity index (χ4v) is 4.13. The van der Waals surface area contributed by atoms with E-state index >= 15 is 0 Å². The molecule has 0 aliphatic heterocycles. The molecule has 0 radical (unpaired) electrons.